The first-order valence-electron chi connectivity index (χ1n) is 5.62. The van der Waals surface area contributed by atoms with E-state index in [1.54, 1.807) is 18.4 Å². The molecule has 1 atom stereocenters. The van der Waals surface area contributed by atoms with Crippen molar-refractivity contribution in [3.8, 4) is 0 Å². The van der Waals surface area contributed by atoms with E-state index in [9.17, 15) is 4.79 Å². The number of Topliss-reactive ketones (excluding diaryl/α,β-unsaturated/α-hetero) is 1. The number of carbonyl (C=O) groups is 1. The minimum atomic E-state index is -0.549. The third kappa shape index (κ3) is 2.38. The standard InChI is InChI=1S/C13H15NO3/c1-2-14-11(8-15)13(16)10-4-3-9-5-6-17-12(9)7-10/h3-7,11,14-15H,2,8H2,1H3. The van der Waals surface area contributed by atoms with Crippen molar-refractivity contribution < 1.29 is 14.3 Å². The Kier molecular flexibility index (Phi) is 3.56. The van der Waals surface area contributed by atoms with Crippen molar-refractivity contribution in [3.63, 3.8) is 0 Å². The smallest absolute Gasteiger partial charge is 0.182 e. The maximum Gasteiger partial charge on any atom is 0.182 e. The molecule has 2 aromatic rings. The number of hydrogen-bond donors (Lipinski definition) is 2. The summed E-state index contributed by atoms with van der Waals surface area (Å²) in [5, 5.41) is 13.1. The predicted octanol–water partition coefficient (Wildman–Crippen LogP) is 1.59. The van der Waals surface area contributed by atoms with E-state index >= 15 is 0 Å². The first-order valence-corrected chi connectivity index (χ1v) is 5.62. The molecule has 1 unspecified atom stereocenters. The summed E-state index contributed by atoms with van der Waals surface area (Å²) in [6.07, 6.45) is 1.59. The zero-order chi connectivity index (χ0) is 12.3. The Morgan fingerprint density at radius 1 is 1.47 bits per heavy atom. The SMILES string of the molecule is CCNC(CO)C(=O)c1ccc2ccoc2c1. The van der Waals surface area contributed by atoms with E-state index in [2.05, 4.69) is 5.32 Å². The number of carbonyl (C=O) groups excluding carboxylic acids is 1. The summed E-state index contributed by atoms with van der Waals surface area (Å²) in [7, 11) is 0. The van der Waals surface area contributed by atoms with E-state index in [1.807, 2.05) is 19.1 Å². The molecule has 0 fully saturated rings. The summed E-state index contributed by atoms with van der Waals surface area (Å²) in [6, 6.07) is 6.59. The first-order chi connectivity index (χ1) is 8.26. The lowest BCUT2D eigenvalue weighted by Gasteiger charge is -2.13. The number of fused-ring (bicyclic) bond motifs is 1. The third-order valence-corrected chi connectivity index (χ3v) is 2.69. The molecule has 0 aliphatic carbocycles. The number of likely N-dealkylation sites (N-methyl/N-ethyl adjacent to an activating group) is 1. The molecule has 4 nitrogen and oxygen atoms in total. The van der Waals surface area contributed by atoms with Gasteiger partial charge in [-0.2, -0.15) is 0 Å². The van der Waals surface area contributed by atoms with Gasteiger partial charge in [-0.15, -0.1) is 0 Å². The summed E-state index contributed by atoms with van der Waals surface area (Å²) >= 11 is 0. The van der Waals surface area contributed by atoms with E-state index in [1.165, 1.54) is 0 Å². The molecule has 1 heterocycles. The molecule has 0 saturated carbocycles. The van der Waals surface area contributed by atoms with E-state index in [-0.39, 0.29) is 12.4 Å². The van der Waals surface area contributed by atoms with Gasteiger partial charge in [-0.1, -0.05) is 19.1 Å². The van der Waals surface area contributed by atoms with Crippen LogP contribution in [0.15, 0.2) is 34.9 Å². The van der Waals surface area contributed by atoms with Gasteiger partial charge in [0.1, 0.15) is 5.58 Å². The Morgan fingerprint density at radius 2 is 2.29 bits per heavy atom. The van der Waals surface area contributed by atoms with Crippen LogP contribution in [0.25, 0.3) is 11.0 Å². The fourth-order valence-corrected chi connectivity index (χ4v) is 1.80. The van der Waals surface area contributed by atoms with Crippen molar-refractivity contribution in [2.45, 2.75) is 13.0 Å². The molecule has 1 aromatic heterocycles. The number of ketones is 1. The average Bonchev–Trinajstić information content (AvgIpc) is 2.82. The summed E-state index contributed by atoms with van der Waals surface area (Å²) in [6.45, 7) is 2.33. The quantitative estimate of drug-likeness (QED) is 0.770. The van der Waals surface area contributed by atoms with Gasteiger partial charge in [0, 0.05) is 10.9 Å². The number of aliphatic hydroxyl groups excluding tert-OH is 1. The van der Waals surface area contributed by atoms with Gasteiger partial charge in [0.25, 0.3) is 0 Å². The predicted molar refractivity (Wildman–Crippen MR) is 65.1 cm³/mol. The molecule has 2 rings (SSSR count). The molecule has 0 bridgehead atoms. The fourth-order valence-electron chi connectivity index (χ4n) is 1.80. The number of hydrogen-bond acceptors (Lipinski definition) is 4. The Hall–Kier alpha value is -1.65. The molecule has 0 amide bonds. The molecule has 4 heteroatoms. The van der Waals surface area contributed by atoms with Crippen LogP contribution < -0.4 is 5.32 Å². The Morgan fingerprint density at radius 3 is 3.00 bits per heavy atom. The van der Waals surface area contributed by atoms with Gasteiger partial charge >= 0.3 is 0 Å². The van der Waals surface area contributed by atoms with Crippen LogP contribution >= 0.6 is 0 Å². The second-order valence-electron chi connectivity index (χ2n) is 3.83. The number of nitrogens with one attached hydrogen (secondary N) is 1. The van der Waals surface area contributed by atoms with Crippen molar-refractivity contribution in [1.82, 2.24) is 5.32 Å². The summed E-state index contributed by atoms with van der Waals surface area (Å²) < 4.78 is 5.25. The van der Waals surface area contributed by atoms with Crippen LogP contribution in [-0.2, 0) is 0 Å². The first kappa shape index (κ1) is 11.8. The molecular formula is C13H15NO3. The minimum absolute atomic E-state index is 0.118. The van der Waals surface area contributed by atoms with Gasteiger partial charge in [-0.3, -0.25) is 4.79 Å². The van der Waals surface area contributed by atoms with E-state index in [0.29, 0.717) is 17.7 Å². The molecule has 0 radical (unpaired) electrons. The summed E-state index contributed by atoms with van der Waals surface area (Å²) in [5.41, 5.74) is 1.23. The van der Waals surface area contributed by atoms with Gasteiger partial charge in [0.15, 0.2) is 5.78 Å². The van der Waals surface area contributed by atoms with Gasteiger partial charge in [-0.05, 0) is 18.7 Å². The number of benzene rings is 1. The summed E-state index contributed by atoms with van der Waals surface area (Å²) in [4.78, 5) is 12.1. The highest BCUT2D eigenvalue weighted by molar-refractivity contribution is 6.02. The van der Waals surface area contributed by atoms with Crippen LogP contribution in [0.2, 0.25) is 0 Å². The topological polar surface area (TPSA) is 62.5 Å². The highest BCUT2D eigenvalue weighted by atomic mass is 16.3. The van der Waals surface area contributed by atoms with Gasteiger partial charge in [-0.25, -0.2) is 0 Å². The lowest BCUT2D eigenvalue weighted by molar-refractivity contribution is 0.0899. The minimum Gasteiger partial charge on any atom is -0.464 e. The molecular weight excluding hydrogens is 218 g/mol. The van der Waals surface area contributed by atoms with E-state index < -0.39 is 6.04 Å². The molecule has 2 N–H and O–H groups in total. The fraction of sp³-hybridized carbons (Fsp3) is 0.308. The van der Waals surface area contributed by atoms with E-state index in [0.717, 1.165) is 5.39 Å². The Bertz CT molecular complexity index is 518. The lowest BCUT2D eigenvalue weighted by atomic mass is 10.0. The maximum atomic E-state index is 12.1. The molecule has 0 aliphatic rings. The van der Waals surface area contributed by atoms with Crippen LogP contribution in [0.5, 0.6) is 0 Å². The average molecular weight is 233 g/mol. The Balaban J connectivity index is 2.28. The van der Waals surface area contributed by atoms with Crippen molar-refractivity contribution in [1.29, 1.82) is 0 Å². The second-order valence-corrected chi connectivity index (χ2v) is 3.83. The molecule has 90 valence electrons. The number of rotatable bonds is 5. The highest BCUT2D eigenvalue weighted by Gasteiger charge is 2.18. The van der Waals surface area contributed by atoms with Crippen LogP contribution in [-0.4, -0.2) is 30.1 Å². The molecule has 0 aliphatic heterocycles. The molecule has 1 aromatic carbocycles. The van der Waals surface area contributed by atoms with Crippen LogP contribution in [0.1, 0.15) is 17.3 Å². The van der Waals surface area contributed by atoms with Crippen molar-refractivity contribution in [2.24, 2.45) is 0 Å². The second kappa shape index (κ2) is 5.12. The monoisotopic (exact) mass is 233 g/mol. The maximum absolute atomic E-state index is 12.1. The van der Waals surface area contributed by atoms with Gasteiger partial charge in [0.2, 0.25) is 0 Å². The lowest BCUT2D eigenvalue weighted by Crippen LogP contribution is -2.39. The molecule has 17 heavy (non-hydrogen) atoms. The zero-order valence-electron chi connectivity index (χ0n) is 9.64. The van der Waals surface area contributed by atoms with Crippen LogP contribution in [0.4, 0.5) is 0 Å². The summed E-state index contributed by atoms with van der Waals surface area (Å²) in [5.74, 6) is -0.118. The highest BCUT2D eigenvalue weighted by Crippen LogP contribution is 2.17. The third-order valence-electron chi connectivity index (χ3n) is 2.69. The van der Waals surface area contributed by atoms with Gasteiger partial charge < -0.3 is 14.8 Å². The van der Waals surface area contributed by atoms with Crippen LogP contribution in [0, 0.1) is 0 Å². The van der Waals surface area contributed by atoms with Crippen molar-refractivity contribution in [2.75, 3.05) is 13.2 Å². The van der Waals surface area contributed by atoms with Crippen LogP contribution in [0.3, 0.4) is 0 Å². The largest absolute Gasteiger partial charge is 0.464 e. The van der Waals surface area contributed by atoms with E-state index in [4.69, 9.17) is 9.52 Å². The Labute approximate surface area is 99.2 Å². The molecule has 0 spiro atoms. The number of furan rings is 1. The van der Waals surface area contributed by atoms with Gasteiger partial charge in [0.05, 0.1) is 18.9 Å². The number of aliphatic hydroxyl groups is 1. The normalized spacial score (nSPS) is 12.8. The van der Waals surface area contributed by atoms with Crippen molar-refractivity contribution in [3.05, 3.63) is 36.1 Å². The zero-order valence-corrected chi connectivity index (χ0v) is 9.64. The molecule has 0 saturated heterocycles. The van der Waals surface area contributed by atoms with Crippen molar-refractivity contribution >= 4 is 16.8 Å².